The molecule has 6 heteroatoms. The summed E-state index contributed by atoms with van der Waals surface area (Å²) in [6.45, 7) is 6.36. The Kier molecular flexibility index (Phi) is 5.35. The van der Waals surface area contributed by atoms with Gasteiger partial charge in [0.1, 0.15) is 0 Å². The maximum Gasteiger partial charge on any atom is 0.416 e. The highest BCUT2D eigenvalue weighted by molar-refractivity contribution is 6.06. The van der Waals surface area contributed by atoms with E-state index < -0.39 is 17.7 Å². The molecule has 0 fully saturated rings. The van der Waals surface area contributed by atoms with Crippen LogP contribution in [-0.2, 0) is 12.6 Å². The van der Waals surface area contributed by atoms with Crippen LogP contribution in [0.3, 0.4) is 0 Å². The van der Waals surface area contributed by atoms with E-state index in [-0.39, 0.29) is 16.9 Å². The molecule has 0 bridgehead atoms. The molecular weight excluding hydrogens is 415 g/mol. The highest BCUT2D eigenvalue weighted by Gasteiger charge is 2.35. The number of carboxylic acid groups (broad SMARTS) is 1. The molecule has 0 aliphatic heterocycles. The van der Waals surface area contributed by atoms with Gasteiger partial charge in [-0.2, -0.15) is 13.2 Å². The van der Waals surface area contributed by atoms with Crippen LogP contribution < -0.4 is 0 Å². The average molecular weight is 439 g/mol. The van der Waals surface area contributed by atoms with Crippen LogP contribution in [0.2, 0.25) is 0 Å². The molecule has 1 atom stereocenters. The summed E-state index contributed by atoms with van der Waals surface area (Å²) >= 11 is 0. The molecule has 4 rings (SSSR count). The molecular formula is C26H24F3NO2. The van der Waals surface area contributed by atoms with Crippen molar-refractivity contribution >= 4 is 28.5 Å². The molecule has 3 nitrogen and oxygen atoms in total. The first kappa shape index (κ1) is 22.1. The van der Waals surface area contributed by atoms with Gasteiger partial charge in [0.05, 0.1) is 22.3 Å². The maximum atomic E-state index is 12.9. The van der Waals surface area contributed by atoms with Crippen molar-refractivity contribution in [3.8, 4) is 0 Å². The predicted molar refractivity (Wildman–Crippen MR) is 119 cm³/mol. The Bertz CT molecular complexity index is 1220. The van der Waals surface area contributed by atoms with Crippen LogP contribution in [0, 0.1) is 11.3 Å². The molecule has 1 aliphatic carbocycles. The van der Waals surface area contributed by atoms with Crippen molar-refractivity contribution in [1.82, 2.24) is 4.98 Å². The number of allylic oxidation sites excluding steroid dienone is 1. The number of alkyl halides is 3. The number of carbonyl (C=O) groups is 1. The number of hydrogen-bond acceptors (Lipinski definition) is 2. The van der Waals surface area contributed by atoms with E-state index in [0.717, 1.165) is 17.7 Å². The Balaban J connectivity index is 1.92. The van der Waals surface area contributed by atoms with E-state index >= 15 is 0 Å². The number of aromatic nitrogens is 1. The number of halogens is 3. The molecule has 1 heterocycles. The smallest absolute Gasteiger partial charge is 0.416 e. The largest absolute Gasteiger partial charge is 0.478 e. The molecule has 166 valence electrons. The topological polar surface area (TPSA) is 50.2 Å². The zero-order chi connectivity index (χ0) is 23.3. The minimum absolute atomic E-state index is 0.0850. The number of para-hydroxylation sites is 1. The van der Waals surface area contributed by atoms with E-state index in [0.29, 0.717) is 40.6 Å². The van der Waals surface area contributed by atoms with Crippen molar-refractivity contribution in [2.75, 3.05) is 0 Å². The molecule has 3 aromatic rings. The zero-order valence-electron chi connectivity index (χ0n) is 18.1. The minimum Gasteiger partial charge on any atom is -0.478 e. The quantitative estimate of drug-likeness (QED) is 0.463. The predicted octanol–water partition coefficient (Wildman–Crippen LogP) is 7.10. The Morgan fingerprint density at radius 2 is 1.69 bits per heavy atom. The molecule has 32 heavy (non-hydrogen) atoms. The molecule has 0 spiro atoms. The van der Waals surface area contributed by atoms with E-state index in [1.165, 1.54) is 12.1 Å². The molecule has 0 radical (unpaired) electrons. The Hall–Kier alpha value is -3.15. The van der Waals surface area contributed by atoms with E-state index in [4.69, 9.17) is 4.98 Å². The van der Waals surface area contributed by atoms with Gasteiger partial charge in [-0.25, -0.2) is 9.78 Å². The van der Waals surface area contributed by atoms with Gasteiger partial charge in [-0.15, -0.1) is 0 Å². The van der Waals surface area contributed by atoms with Gasteiger partial charge in [-0.05, 0) is 65.1 Å². The van der Waals surface area contributed by atoms with Crippen molar-refractivity contribution in [3.63, 3.8) is 0 Å². The van der Waals surface area contributed by atoms with Crippen molar-refractivity contribution < 1.29 is 23.1 Å². The number of benzene rings is 2. The van der Waals surface area contributed by atoms with Crippen LogP contribution >= 0.6 is 0 Å². The third-order valence-corrected chi connectivity index (χ3v) is 6.23. The summed E-state index contributed by atoms with van der Waals surface area (Å²) in [5.74, 6) is -0.833. The zero-order valence-corrected chi connectivity index (χ0v) is 18.1. The van der Waals surface area contributed by atoms with Crippen LogP contribution in [0.1, 0.15) is 59.9 Å². The van der Waals surface area contributed by atoms with Crippen LogP contribution in [-0.4, -0.2) is 16.1 Å². The SMILES string of the molecule is CC(C)(C)C1CC(=Cc2ccc(C(F)(F)F)cc2)c2nc3ccccc3c(C(=O)O)c2C1. The van der Waals surface area contributed by atoms with Gasteiger partial charge in [-0.3, -0.25) is 0 Å². The van der Waals surface area contributed by atoms with Crippen LogP contribution in [0.25, 0.3) is 22.6 Å². The summed E-state index contributed by atoms with van der Waals surface area (Å²) in [4.78, 5) is 17.1. The lowest BCUT2D eigenvalue weighted by Crippen LogP contribution is -2.28. The highest BCUT2D eigenvalue weighted by Crippen LogP contribution is 2.44. The van der Waals surface area contributed by atoms with E-state index in [1.807, 2.05) is 12.1 Å². The lowest BCUT2D eigenvalue weighted by atomic mass is 9.69. The molecule has 0 amide bonds. The van der Waals surface area contributed by atoms with Crippen molar-refractivity contribution in [3.05, 3.63) is 76.5 Å². The summed E-state index contributed by atoms with van der Waals surface area (Å²) in [6, 6.07) is 12.2. The molecule has 1 N–H and O–H groups in total. The fourth-order valence-corrected chi connectivity index (χ4v) is 4.35. The van der Waals surface area contributed by atoms with Gasteiger partial charge in [0.15, 0.2) is 0 Å². The fourth-order valence-electron chi connectivity index (χ4n) is 4.35. The van der Waals surface area contributed by atoms with Gasteiger partial charge in [-0.1, -0.05) is 51.1 Å². The van der Waals surface area contributed by atoms with Crippen LogP contribution in [0.4, 0.5) is 13.2 Å². The summed E-state index contributed by atoms with van der Waals surface area (Å²) in [5, 5.41) is 10.7. The second-order valence-electron chi connectivity index (χ2n) is 9.40. The lowest BCUT2D eigenvalue weighted by Gasteiger charge is -2.36. The van der Waals surface area contributed by atoms with Crippen molar-refractivity contribution in [1.29, 1.82) is 0 Å². The first-order valence-electron chi connectivity index (χ1n) is 10.5. The molecule has 1 unspecified atom stereocenters. The monoisotopic (exact) mass is 439 g/mol. The lowest BCUT2D eigenvalue weighted by molar-refractivity contribution is -0.137. The second-order valence-corrected chi connectivity index (χ2v) is 9.40. The van der Waals surface area contributed by atoms with E-state index in [2.05, 4.69) is 20.8 Å². The van der Waals surface area contributed by atoms with Crippen molar-refractivity contribution in [2.45, 2.75) is 39.8 Å². The first-order valence-corrected chi connectivity index (χ1v) is 10.5. The number of pyridine rings is 1. The summed E-state index contributed by atoms with van der Waals surface area (Å²) < 4.78 is 38.8. The van der Waals surface area contributed by atoms with Gasteiger partial charge in [0, 0.05) is 5.39 Å². The van der Waals surface area contributed by atoms with Gasteiger partial charge >= 0.3 is 12.1 Å². The summed E-state index contributed by atoms with van der Waals surface area (Å²) in [6.07, 6.45) is -1.30. The average Bonchev–Trinajstić information content (AvgIpc) is 2.71. The number of rotatable bonds is 2. The highest BCUT2D eigenvalue weighted by atomic mass is 19.4. The molecule has 0 saturated carbocycles. The standard InChI is InChI=1S/C26H24F3NO2/c1-25(2,3)18-13-16(12-15-8-10-17(11-9-15)26(27,28)29)23-20(14-18)22(24(31)32)19-6-4-5-7-21(19)30-23/h4-12,18H,13-14H2,1-3H3,(H,31,32). The summed E-state index contributed by atoms with van der Waals surface area (Å²) in [7, 11) is 0. The van der Waals surface area contributed by atoms with Crippen LogP contribution in [0.15, 0.2) is 48.5 Å². The number of fused-ring (bicyclic) bond motifs is 2. The van der Waals surface area contributed by atoms with E-state index in [9.17, 15) is 23.1 Å². The van der Waals surface area contributed by atoms with Crippen LogP contribution in [0.5, 0.6) is 0 Å². The Labute approximate surface area is 184 Å². The number of carboxylic acids is 1. The molecule has 1 aliphatic rings. The maximum absolute atomic E-state index is 12.9. The number of aromatic carboxylic acids is 1. The Morgan fingerprint density at radius 1 is 1.03 bits per heavy atom. The van der Waals surface area contributed by atoms with Crippen molar-refractivity contribution in [2.24, 2.45) is 11.3 Å². The normalized spacial score (nSPS) is 18.1. The Morgan fingerprint density at radius 3 is 2.28 bits per heavy atom. The third kappa shape index (κ3) is 4.14. The molecule has 2 aromatic carbocycles. The molecule has 1 aromatic heterocycles. The molecule has 0 saturated heterocycles. The fraction of sp³-hybridized carbons (Fsp3) is 0.308. The summed E-state index contributed by atoms with van der Waals surface area (Å²) in [5.41, 5.74) is 2.86. The van der Waals surface area contributed by atoms with Gasteiger partial charge in [0.25, 0.3) is 0 Å². The number of nitrogens with zero attached hydrogens (tertiary/aromatic N) is 1. The van der Waals surface area contributed by atoms with Gasteiger partial charge in [0.2, 0.25) is 0 Å². The van der Waals surface area contributed by atoms with E-state index in [1.54, 1.807) is 18.2 Å². The third-order valence-electron chi connectivity index (χ3n) is 6.23. The number of hydrogen-bond donors (Lipinski definition) is 1. The first-order chi connectivity index (χ1) is 14.9. The van der Waals surface area contributed by atoms with Gasteiger partial charge < -0.3 is 5.11 Å². The second kappa shape index (κ2) is 7.76. The minimum atomic E-state index is -4.39.